The highest BCUT2D eigenvalue weighted by atomic mass is 16.6. The molecule has 1 aromatic rings. The second kappa shape index (κ2) is 9.14. The van der Waals surface area contributed by atoms with Crippen molar-refractivity contribution in [1.29, 1.82) is 0 Å². The first-order valence-electron chi connectivity index (χ1n) is 15.8. The molecule has 3 saturated carbocycles. The molecule has 0 unspecified atom stereocenters. The molecule has 41 heavy (non-hydrogen) atoms. The van der Waals surface area contributed by atoms with Crippen molar-refractivity contribution in [3.05, 3.63) is 34.9 Å². The molecule has 0 radical (unpaired) electrons. The maximum absolute atomic E-state index is 13.9. The molecule has 8 rings (SSSR count). The number of carbonyl (C=O) groups is 3. The van der Waals surface area contributed by atoms with Gasteiger partial charge in [0.1, 0.15) is 6.10 Å². The lowest BCUT2D eigenvalue weighted by molar-refractivity contribution is -0.201. The smallest absolute Gasteiger partial charge is 0.308 e. The number of ether oxygens (including phenoxy) is 2. The lowest BCUT2D eigenvalue weighted by Crippen LogP contribution is -2.78. The van der Waals surface area contributed by atoms with Crippen LogP contribution in [0.15, 0.2) is 23.8 Å². The SMILES string of the molecule is CC(=O)Oc1ccc2c3c1O[C@H]1[C@H](N4C(=O)C/C(=C\C5CCCCC5)C4=O)CC[C@@]4(O)[C@@H](C2)N(CC2CC2)CC[C@]314. The predicted molar refractivity (Wildman–Crippen MR) is 149 cm³/mol. The summed E-state index contributed by atoms with van der Waals surface area (Å²) in [6, 6.07) is 3.31. The van der Waals surface area contributed by atoms with Gasteiger partial charge in [0.25, 0.3) is 5.91 Å². The van der Waals surface area contributed by atoms with Gasteiger partial charge < -0.3 is 14.6 Å². The van der Waals surface area contributed by atoms with E-state index in [1.807, 2.05) is 6.07 Å². The minimum Gasteiger partial charge on any atom is -0.483 e. The van der Waals surface area contributed by atoms with E-state index >= 15 is 0 Å². The first-order chi connectivity index (χ1) is 19.8. The Hall–Kier alpha value is -2.71. The van der Waals surface area contributed by atoms with Crippen molar-refractivity contribution in [2.75, 3.05) is 13.1 Å². The van der Waals surface area contributed by atoms with E-state index < -0.39 is 29.1 Å². The van der Waals surface area contributed by atoms with Gasteiger partial charge in [-0.2, -0.15) is 0 Å². The summed E-state index contributed by atoms with van der Waals surface area (Å²) >= 11 is 0. The summed E-state index contributed by atoms with van der Waals surface area (Å²) in [5.74, 6) is 1.15. The number of rotatable bonds is 5. The average molecular weight is 561 g/mol. The standard InChI is InChI=1S/C33H40N2O6/c1-19(36)40-25-10-9-22-16-26-33(39)12-11-24(35-27(37)17-23(31(35)38)15-20-5-3-2-4-6-20)30-32(33,28(22)29(25)41-30)13-14-34(26)18-21-7-8-21/h9-10,15,20-21,24,26,30,39H,2-8,11-14,16-18H2,1H3/b23-15+/t24-,26-,30+,32+,33-/m1/s1. The van der Waals surface area contributed by atoms with Gasteiger partial charge in [0.05, 0.1) is 23.5 Å². The van der Waals surface area contributed by atoms with Gasteiger partial charge in [-0.3, -0.25) is 24.2 Å². The third kappa shape index (κ3) is 3.68. The normalized spacial score (nSPS) is 37.4. The second-order valence-corrected chi connectivity index (χ2v) is 13.8. The Bertz CT molecular complexity index is 1360. The van der Waals surface area contributed by atoms with Crippen LogP contribution in [0.1, 0.15) is 88.7 Å². The maximum Gasteiger partial charge on any atom is 0.308 e. The van der Waals surface area contributed by atoms with Crippen molar-refractivity contribution in [1.82, 2.24) is 9.80 Å². The number of benzene rings is 1. The first kappa shape index (κ1) is 26.0. The Morgan fingerprint density at radius 3 is 2.68 bits per heavy atom. The summed E-state index contributed by atoms with van der Waals surface area (Å²) in [6.45, 7) is 3.21. The molecular weight excluding hydrogens is 520 g/mol. The molecule has 1 aromatic carbocycles. The first-order valence-corrected chi connectivity index (χ1v) is 15.8. The number of esters is 1. The predicted octanol–water partition coefficient (Wildman–Crippen LogP) is 3.81. The van der Waals surface area contributed by atoms with Crippen LogP contribution in [0.5, 0.6) is 11.5 Å². The minimum absolute atomic E-state index is 0.0475. The van der Waals surface area contributed by atoms with Crippen LogP contribution in [-0.2, 0) is 26.2 Å². The number of aliphatic hydroxyl groups is 1. The molecule has 218 valence electrons. The molecule has 1 N–H and O–H groups in total. The van der Waals surface area contributed by atoms with Gasteiger partial charge in [-0.15, -0.1) is 0 Å². The number of carbonyl (C=O) groups excluding carboxylic acids is 3. The van der Waals surface area contributed by atoms with E-state index in [1.165, 1.54) is 43.9 Å². The Labute approximate surface area is 241 Å². The number of piperidine rings is 1. The highest BCUT2D eigenvalue weighted by Crippen LogP contribution is 2.66. The molecule has 2 amide bonds. The summed E-state index contributed by atoms with van der Waals surface area (Å²) in [5, 5.41) is 12.8. The fourth-order valence-corrected chi connectivity index (χ4v) is 9.59. The highest BCUT2D eigenvalue weighted by molar-refractivity contribution is 6.13. The summed E-state index contributed by atoms with van der Waals surface area (Å²) < 4.78 is 12.4. The van der Waals surface area contributed by atoms with Crippen LogP contribution in [-0.4, -0.2) is 69.6 Å². The van der Waals surface area contributed by atoms with E-state index in [-0.39, 0.29) is 24.3 Å². The summed E-state index contributed by atoms with van der Waals surface area (Å²) in [5.41, 5.74) is 0.855. The molecule has 3 heterocycles. The van der Waals surface area contributed by atoms with Crippen LogP contribution in [0.4, 0.5) is 0 Å². The third-order valence-corrected chi connectivity index (χ3v) is 11.5. The number of hydrogen-bond acceptors (Lipinski definition) is 7. The van der Waals surface area contributed by atoms with Crippen LogP contribution >= 0.6 is 0 Å². The molecule has 0 aromatic heterocycles. The van der Waals surface area contributed by atoms with Crippen LogP contribution in [0, 0.1) is 11.8 Å². The van der Waals surface area contributed by atoms with Gasteiger partial charge in [0.15, 0.2) is 11.5 Å². The molecule has 2 bridgehead atoms. The van der Waals surface area contributed by atoms with E-state index in [4.69, 9.17) is 9.47 Å². The Morgan fingerprint density at radius 1 is 1.12 bits per heavy atom. The molecule has 4 aliphatic carbocycles. The fourth-order valence-electron chi connectivity index (χ4n) is 9.59. The fraction of sp³-hybridized carbons (Fsp3) is 0.667. The molecular formula is C33H40N2O6. The van der Waals surface area contributed by atoms with Gasteiger partial charge in [0.2, 0.25) is 5.91 Å². The number of hydrogen-bond donors (Lipinski definition) is 1. The van der Waals surface area contributed by atoms with Gasteiger partial charge in [-0.25, -0.2) is 0 Å². The summed E-state index contributed by atoms with van der Waals surface area (Å²) in [7, 11) is 0. The minimum atomic E-state index is -1.05. The van der Waals surface area contributed by atoms with Gasteiger partial charge in [-0.1, -0.05) is 31.4 Å². The van der Waals surface area contributed by atoms with Crippen molar-refractivity contribution in [2.45, 2.75) is 113 Å². The Morgan fingerprint density at radius 2 is 1.93 bits per heavy atom. The number of imide groups is 1. The van der Waals surface area contributed by atoms with Crippen molar-refractivity contribution in [3.63, 3.8) is 0 Å². The number of likely N-dealkylation sites (tertiary alicyclic amines) is 2. The van der Waals surface area contributed by atoms with Crippen LogP contribution in [0.25, 0.3) is 0 Å². The Kier molecular flexibility index (Phi) is 5.79. The molecule has 3 aliphatic heterocycles. The van der Waals surface area contributed by atoms with Crippen molar-refractivity contribution >= 4 is 17.8 Å². The number of nitrogens with zero attached hydrogens (tertiary/aromatic N) is 2. The summed E-state index contributed by atoms with van der Waals surface area (Å²) in [6.07, 6.45) is 12.3. The van der Waals surface area contributed by atoms with Crippen LogP contribution in [0.3, 0.4) is 0 Å². The topological polar surface area (TPSA) is 96.4 Å². The van der Waals surface area contributed by atoms with Gasteiger partial charge in [-0.05, 0) is 81.4 Å². The van der Waals surface area contributed by atoms with Crippen molar-refractivity contribution in [3.8, 4) is 11.5 Å². The zero-order valence-electron chi connectivity index (χ0n) is 23.9. The molecule has 5 atom stereocenters. The molecule has 1 spiro atoms. The van der Waals surface area contributed by atoms with Gasteiger partial charge >= 0.3 is 5.97 Å². The lowest BCUT2D eigenvalue weighted by Gasteiger charge is -2.64. The highest BCUT2D eigenvalue weighted by Gasteiger charge is 2.74. The zero-order valence-corrected chi connectivity index (χ0v) is 23.9. The van der Waals surface area contributed by atoms with E-state index in [9.17, 15) is 19.5 Å². The molecule has 7 aliphatic rings. The van der Waals surface area contributed by atoms with E-state index in [1.54, 1.807) is 6.07 Å². The Balaban J connectivity index is 1.20. The molecule has 8 nitrogen and oxygen atoms in total. The zero-order chi connectivity index (χ0) is 28.1. The van der Waals surface area contributed by atoms with E-state index in [0.29, 0.717) is 54.6 Å². The average Bonchev–Trinajstić information content (AvgIpc) is 3.63. The van der Waals surface area contributed by atoms with Crippen LogP contribution in [0.2, 0.25) is 0 Å². The van der Waals surface area contributed by atoms with Crippen molar-refractivity contribution in [2.24, 2.45) is 11.8 Å². The summed E-state index contributed by atoms with van der Waals surface area (Å²) in [4.78, 5) is 43.5. The quantitative estimate of drug-likeness (QED) is 0.253. The second-order valence-electron chi connectivity index (χ2n) is 13.8. The molecule has 2 saturated heterocycles. The third-order valence-electron chi connectivity index (χ3n) is 11.5. The molecule has 8 heteroatoms. The monoisotopic (exact) mass is 560 g/mol. The maximum atomic E-state index is 13.9. The largest absolute Gasteiger partial charge is 0.483 e. The lowest BCUT2D eigenvalue weighted by atomic mass is 9.48. The van der Waals surface area contributed by atoms with Crippen LogP contribution < -0.4 is 9.47 Å². The van der Waals surface area contributed by atoms with Crippen molar-refractivity contribution < 1.29 is 29.0 Å². The van der Waals surface area contributed by atoms with E-state index in [0.717, 1.165) is 37.1 Å². The van der Waals surface area contributed by atoms with Gasteiger partial charge in [0, 0.05) is 30.6 Å². The number of allylic oxidation sites excluding steroid dienone is 1. The van der Waals surface area contributed by atoms with E-state index in [2.05, 4.69) is 11.0 Å². The number of amides is 2. The molecule has 5 fully saturated rings.